The van der Waals surface area contributed by atoms with Crippen LogP contribution in [-0.2, 0) is 9.32 Å². The van der Waals surface area contributed by atoms with Crippen molar-refractivity contribution in [3.63, 3.8) is 0 Å². The van der Waals surface area contributed by atoms with E-state index in [9.17, 15) is 9.90 Å². The van der Waals surface area contributed by atoms with Crippen molar-refractivity contribution in [3.8, 4) is 0 Å². The van der Waals surface area contributed by atoms with E-state index in [1.54, 1.807) is 6.92 Å². The van der Waals surface area contributed by atoms with Crippen LogP contribution in [0.5, 0.6) is 0 Å². The molecule has 4 rings (SSSR count). The van der Waals surface area contributed by atoms with Crippen LogP contribution in [0.1, 0.15) is 13.8 Å². The second kappa shape index (κ2) is 9.06. The molecule has 3 nitrogen and oxygen atoms in total. The van der Waals surface area contributed by atoms with E-state index in [1.165, 1.54) is 0 Å². The summed E-state index contributed by atoms with van der Waals surface area (Å²) in [6, 6.07) is 30.8. The van der Waals surface area contributed by atoms with Crippen molar-refractivity contribution < 1.29 is 33.3 Å². The standard InChI is InChI=1S/C25H23BrO3P.Li/c1-18(19(2)25(27)28)23-24(26)30(29-23,20-12-6-3-7-13-20,21-14-8-4-9-15-21)22-16-10-5-11-17-22;/h3-17,23H,1-2H3,(H,27,28);/q-1;+1/b19-18-;/t23-;/m0./s1. The number of hydrogen-bond acceptors (Lipinski definition) is 2. The summed E-state index contributed by atoms with van der Waals surface area (Å²) >= 11 is 3.96. The van der Waals surface area contributed by atoms with Crippen LogP contribution in [0.25, 0.3) is 0 Å². The van der Waals surface area contributed by atoms with Gasteiger partial charge in [-0.1, -0.05) is 0 Å². The summed E-state index contributed by atoms with van der Waals surface area (Å²) in [5.41, 5.74) is 1.01. The predicted octanol–water partition coefficient (Wildman–Crippen LogP) is 2.14. The van der Waals surface area contributed by atoms with Gasteiger partial charge in [-0.3, -0.25) is 0 Å². The van der Waals surface area contributed by atoms with E-state index >= 15 is 0 Å². The van der Waals surface area contributed by atoms with Crippen LogP contribution in [-0.4, -0.2) is 17.2 Å². The number of carboxylic acids is 1. The Bertz CT molecular complexity index is 1000. The fourth-order valence-corrected chi connectivity index (χ4v) is 12.5. The molecule has 1 N–H and O–H groups in total. The molecule has 1 heterocycles. The maximum absolute atomic E-state index is 11.6. The molecule has 0 unspecified atom stereocenters. The van der Waals surface area contributed by atoms with Gasteiger partial charge in [0.25, 0.3) is 0 Å². The number of halogens is 1. The van der Waals surface area contributed by atoms with E-state index in [1.807, 2.05) is 61.5 Å². The molecule has 0 saturated carbocycles. The van der Waals surface area contributed by atoms with Crippen LogP contribution < -0.4 is 34.8 Å². The molecule has 1 saturated heterocycles. The van der Waals surface area contributed by atoms with Gasteiger partial charge in [-0.05, 0) is 0 Å². The Morgan fingerprint density at radius 1 is 0.839 bits per heavy atom. The van der Waals surface area contributed by atoms with Crippen molar-refractivity contribution in [2.24, 2.45) is 0 Å². The SMILES string of the molecule is C/C(C(=O)O)=C(\C)[C@@H]1OP(c2ccccc2)(c2ccccc2)(c2ccccc2)[C-]1Br.[Li+]. The molecule has 1 atom stereocenters. The van der Waals surface area contributed by atoms with Gasteiger partial charge in [0.1, 0.15) is 0 Å². The van der Waals surface area contributed by atoms with Gasteiger partial charge in [-0.25, -0.2) is 0 Å². The number of carboxylic acid groups (broad SMARTS) is 1. The summed E-state index contributed by atoms with van der Waals surface area (Å²) in [5, 5.41) is 12.8. The van der Waals surface area contributed by atoms with Gasteiger partial charge in [0.2, 0.25) is 0 Å². The number of hydrogen-bond donors (Lipinski definition) is 1. The van der Waals surface area contributed by atoms with E-state index < -0.39 is 18.9 Å². The summed E-state index contributed by atoms with van der Waals surface area (Å²) < 4.78 is 8.04. The Morgan fingerprint density at radius 2 is 1.19 bits per heavy atom. The summed E-state index contributed by atoms with van der Waals surface area (Å²) in [7, 11) is 0. The van der Waals surface area contributed by atoms with E-state index in [2.05, 4.69) is 52.3 Å². The van der Waals surface area contributed by atoms with Gasteiger partial charge in [-0.2, -0.15) is 0 Å². The second-order valence-corrected chi connectivity index (χ2v) is 13.2. The van der Waals surface area contributed by atoms with Gasteiger partial charge in [-0.15, -0.1) is 0 Å². The third kappa shape index (κ3) is 3.37. The predicted molar refractivity (Wildman–Crippen MR) is 128 cm³/mol. The number of aliphatic carboxylic acids is 1. The molecule has 3 aromatic carbocycles. The molecule has 0 amide bonds. The molecule has 31 heavy (non-hydrogen) atoms. The Morgan fingerprint density at radius 3 is 1.48 bits per heavy atom. The normalized spacial score (nSPS) is 21.4. The van der Waals surface area contributed by atoms with Gasteiger partial charge >= 0.3 is 205 Å². The molecular weight excluding hydrogens is 466 g/mol. The molecular formula is C25H23BrLiO3P. The third-order valence-electron chi connectivity index (χ3n) is 5.99. The third-order valence-corrected chi connectivity index (χ3v) is 14.0. The Kier molecular flexibility index (Phi) is 7.01. The van der Waals surface area contributed by atoms with Crippen molar-refractivity contribution in [1.82, 2.24) is 0 Å². The first kappa shape index (κ1) is 24.0. The van der Waals surface area contributed by atoms with E-state index in [0.29, 0.717) is 11.1 Å². The quantitative estimate of drug-likeness (QED) is 0.259. The van der Waals surface area contributed by atoms with E-state index in [4.69, 9.17) is 4.52 Å². The minimum atomic E-state index is -3.44. The summed E-state index contributed by atoms with van der Waals surface area (Å²) in [5.74, 6) is -0.928. The zero-order valence-electron chi connectivity index (χ0n) is 17.8. The van der Waals surface area contributed by atoms with Crippen molar-refractivity contribution in [3.05, 3.63) is 107 Å². The van der Waals surface area contributed by atoms with E-state index in [-0.39, 0.29) is 18.9 Å². The molecule has 0 aromatic heterocycles. The summed E-state index contributed by atoms with van der Waals surface area (Å²) in [6.07, 6.45) is -0.417. The largest absolute Gasteiger partial charge is 1.00 e. The fourth-order valence-electron chi connectivity index (χ4n) is 4.24. The first-order valence-corrected chi connectivity index (χ1v) is 12.7. The monoisotopic (exact) mass is 488 g/mol. The molecule has 154 valence electrons. The van der Waals surface area contributed by atoms with Gasteiger partial charge in [0.15, 0.2) is 0 Å². The second-order valence-electron chi connectivity index (χ2n) is 7.46. The summed E-state index contributed by atoms with van der Waals surface area (Å²) in [4.78, 5) is 11.6. The molecule has 6 heteroatoms. The molecule has 0 radical (unpaired) electrons. The molecule has 1 fully saturated rings. The average Bonchev–Trinajstić information content (AvgIpc) is 2.80. The van der Waals surface area contributed by atoms with E-state index in [0.717, 1.165) is 20.5 Å². The molecule has 1 aliphatic rings. The molecule has 3 aromatic rings. The van der Waals surface area contributed by atoms with Crippen molar-refractivity contribution in [2.75, 3.05) is 0 Å². The van der Waals surface area contributed by atoms with Crippen LogP contribution >= 0.6 is 22.8 Å². The zero-order chi connectivity index (χ0) is 21.4. The van der Waals surface area contributed by atoms with Crippen molar-refractivity contribution >= 4 is 44.6 Å². The van der Waals surface area contributed by atoms with Crippen molar-refractivity contribution in [2.45, 2.75) is 20.0 Å². The zero-order valence-corrected chi connectivity index (χ0v) is 20.3. The summed E-state index contributed by atoms with van der Waals surface area (Å²) in [6.45, 7) is 0.0206. The molecule has 1 aliphatic heterocycles. The number of rotatable bonds is 5. The first-order chi connectivity index (χ1) is 14.4. The van der Waals surface area contributed by atoms with Gasteiger partial charge < -0.3 is 0 Å². The maximum Gasteiger partial charge on any atom is 1.00 e. The minimum Gasteiger partial charge on any atom is 1.00 e. The van der Waals surface area contributed by atoms with Crippen LogP contribution in [0, 0.1) is 4.57 Å². The number of benzene rings is 3. The van der Waals surface area contributed by atoms with Gasteiger partial charge in [0, 0.05) is 0 Å². The number of carbonyl (C=O) groups is 1. The van der Waals surface area contributed by atoms with Crippen LogP contribution in [0.4, 0.5) is 0 Å². The minimum absolute atomic E-state index is 0. The van der Waals surface area contributed by atoms with Crippen LogP contribution in [0.15, 0.2) is 102 Å². The fraction of sp³-hybridized carbons (Fsp3) is 0.120. The topological polar surface area (TPSA) is 46.5 Å². The average molecular weight is 489 g/mol. The smallest absolute Gasteiger partial charge is 1.00 e. The van der Waals surface area contributed by atoms with Crippen LogP contribution in [0.2, 0.25) is 0 Å². The van der Waals surface area contributed by atoms with Gasteiger partial charge in [0.05, 0.1) is 0 Å². The molecule has 0 aliphatic carbocycles. The first-order valence-electron chi connectivity index (χ1n) is 9.74. The Balaban J connectivity index is 0.00000272. The molecule has 0 bridgehead atoms. The Hall–Kier alpha value is -1.66. The van der Waals surface area contributed by atoms with Crippen LogP contribution in [0.3, 0.4) is 0 Å². The van der Waals surface area contributed by atoms with Crippen molar-refractivity contribution in [1.29, 1.82) is 0 Å². The Labute approximate surface area is 203 Å². The molecule has 0 spiro atoms. The maximum atomic E-state index is 11.6.